The van der Waals surface area contributed by atoms with Crippen LogP contribution in [0.5, 0.6) is 0 Å². The molecule has 1 aliphatic rings. The van der Waals surface area contributed by atoms with E-state index in [4.69, 9.17) is 5.11 Å². The number of aliphatic hydroxyl groups excluding tert-OH is 1. The van der Waals surface area contributed by atoms with E-state index < -0.39 is 0 Å². The number of hydrogen-bond donors (Lipinski definition) is 4. The van der Waals surface area contributed by atoms with E-state index in [0.717, 1.165) is 32.1 Å². The predicted molar refractivity (Wildman–Crippen MR) is 72.3 cm³/mol. The van der Waals surface area contributed by atoms with Crippen molar-refractivity contribution in [3.05, 3.63) is 0 Å². The van der Waals surface area contributed by atoms with Gasteiger partial charge in [-0.3, -0.25) is 0 Å². The number of rotatable bonds is 10. The minimum atomic E-state index is 0.225. The molecule has 4 nitrogen and oxygen atoms in total. The number of aliphatic hydroxyl groups is 1. The van der Waals surface area contributed by atoms with Gasteiger partial charge in [0.25, 0.3) is 0 Å². The van der Waals surface area contributed by atoms with Crippen LogP contribution >= 0.6 is 0 Å². The maximum Gasteiger partial charge on any atom is 0.0555 e. The summed E-state index contributed by atoms with van der Waals surface area (Å²) in [5.41, 5.74) is 0. The second-order valence-electron chi connectivity index (χ2n) is 4.93. The largest absolute Gasteiger partial charge is 0.395 e. The SMILES string of the molecule is OCCNCCNCCNCC1CCCCC1. The Morgan fingerprint density at radius 3 is 2.00 bits per heavy atom. The molecule has 4 N–H and O–H groups in total. The summed E-state index contributed by atoms with van der Waals surface area (Å²) in [6.07, 6.45) is 7.15. The van der Waals surface area contributed by atoms with Crippen LogP contribution in [0.1, 0.15) is 32.1 Å². The first-order valence-corrected chi connectivity index (χ1v) is 7.16. The van der Waals surface area contributed by atoms with Crippen LogP contribution in [0.4, 0.5) is 0 Å². The summed E-state index contributed by atoms with van der Waals surface area (Å²) >= 11 is 0. The molecule has 0 aromatic heterocycles. The Balaban J connectivity index is 1.75. The molecule has 1 aliphatic carbocycles. The summed E-state index contributed by atoms with van der Waals surface area (Å²) < 4.78 is 0. The lowest BCUT2D eigenvalue weighted by molar-refractivity contribution is 0.292. The third kappa shape index (κ3) is 8.55. The van der Waals surface area contributed by atoms with E-state index in [2.05, 4.69) is 16.0 Å². The maximum absolute atomic E-state index is 8.57. The molecule has 0 spiro atoms. The molecule has 102 valence electrons. The molecule has 0 heterocycles. The molecule has 0 atom stereocenters. The van der Waals surface area contributed by atoms with Crippen molar-refractivity contribution in [1.29, 1.82) is 0 Å². The molecule has 17 heavy (non-hydrogen) atoms. The predicted octanol–water partition coefficient (Wildman–Crippen LogP) is 0.328. The normalized spacial score (nSPS) is 17.5. The van der Waals surface area contributed by atoms with E-state index >= 15 is 0 Å². The Hall–Kier alpha value is -0.160. The zero-order valence-electron chi connectivity index (χ0n) is 11.0. The van der Waals surface area contributed by atoms with Gasteiger partial charge in [0.15, 0.2) is 0 Å². The molecule has 0 amide bonds. The van der Waals surface area contributed by atoms with Crippen molar-refractivity contribution < 1.29 is 5.11 Å². The van der Waals surface area contributed by atoms with E-state index in [1.54, 1.807) is 0 Å². The maximum atomic E-state index is 8.57. The van der Waals surface area contributed by atoms with Gasteiger partial charge < -0.3 is 21.1 Å². The Kier molecular flexibility index (Phi) is 9.61. The summed E-state index contributed by atoms with van der Waals surface area (Å²) in [5, 5.41) is 18.6. The third-order valence-electron chi connectivity index (χ3n) is 3.40. The Morgan fingerprint density at radius 1 is 0.765 bits per heavy atom. The lowest BCUT2D eigenvalue weighted by atomic mass is 9.89. The van der Waals surface area contributed by atoms with Gasteiger partial charge in [-0.15, -0.1) is 0 Å². The summed E-state index contributed by atoms with van der Waals surface area (Å²) in [6.45, 7) is 6.13. The summed E-state index contributed by atoms with van der Waals surface area (Å²) in [5.74, 6) is 0.926. The van der Waals surface area contributed by atoms with E-state index in [9.17, 15) is 0 Å². The summed E-state index contributed by atoms with van der Waals surface area (Å²) in [7, 11) is 0. The Morgan fingerprint density at radius 2 is 1.35 bits per heavy atom. The summed E-state index contributed by atoms with van der Waals surface area (Å²) in [6, 6.07) is 0. The smallest absolute Gasteiger partial charge is 0.0555 e. The molecule has 0 unspecified atom stereocenters. The van der Waals surface area contributed by atoms with Gasteiger partial charge in [-0.1, -0.05) is 19.3 Å². The molecule has 4 heteroatoms. The van der Waals surface area contributed by atoms with Gasteiger partial charge in [0.2, 0.25) is 0 Å². The molecule has 1 fully saturated rings. The van der Waals surface area contributed by atoms with Gasteiger partial charge >= 0.3 is 0 Å². The Bertz CT molecular complexity index is 161. The highest BCUT2D eigenvalue weighted by Crippen LogP contribution is 2.22. The van der Waals surface area contributed by atoms with Crippen molar-refractivity contribution in [3.63, 3.8) is 0 Å². The molecular weight excluding hydrogens is 214 g/mol. The molecule has 0 aromatic rings. The monoisotopic (exact) mass is 243 g/mol. The van der Waals surface area contributed by atoms with Crippen molar-refractivity contribution in [1.82, 2.24) is 16.0 Å². The molecule has 0 saturated heterocycles. The fourth-order valence-electron chi connectivity index (χ4n) is 2.38. The molecule has 0 radical (unpaired) electrons. The lowest BCUT2D eigenvalue weighted by Gasteiger charge is -2.21. The van der Waals surface area contributed by atoms with Crippen LogP contribution in [0.15, 0.2) is 0 Å². The zero-order valence-corrected chi connectivity index (χ0v) is 11.0. The van der Waals surface area contributed by atoms with Gasteiger partial charge in [0.1, 0.15) is 0 Å². The highest BCUT2D eigenvalue weighted by Gasteiger charge is 2.11. The van der Waals surface area contributed by atoms with Crippen LogP contribution in [-0.2, 0) is 0 Å². The standard InChI is InChI=1S/C13H29N3O/c17-11-10-15-7-6-14-8-9-16-12-13-4-2-1-3-5-13/h13-17H,1-12H2. The van der Waals surface area contributed by atoms with Crippen molar-refractivity contribution >= 4 is 0 Å². The lowest BCUT2D eigenvalue weighted by Crippen LogP contribution is -2.35. The first kappa shape index (κ1) is 14.9. The quantitative estimate of drug-likeness (QED) is 0.418. The minimum absolute atomic E-state index is 0.225. The van der Waals surface area contributed by atoms with Crippen molar-refractivity contribution in [2.45, 2.75) is 32.1 Å². The minimum Gasteiger partial charge on any atom is -0.395 e. The average Bonchev–Trinajstić information content (AvgIpc) is 2.38. The van der Waals surface area contributed by atoms with Crippen LogP contribution in [0.3, 0.4) is 0 Å². The van der Waals surface area contributed by atoms with Crippen molar-refractivity contribution in [2.24, 2.45) is 5.92 Å². The highest BCUT2D eigenvalue weighted by atomic mass is 16.3. The van der Waals surface area contributed by atoms with Gasteiger partial charge in [-0.05, 0) is 25.3 Å². The van der Waals surface area contributed by atoms with Gasteiger partial charge in [0.05, 0.1) is 6.61 Å². The van der Waals surface area contributed by atoms with E-state index in [1.807, 2.05) is 0 Å². The second-order valence-corrected chi connectivity index (χ2v) is 4.93. The molecule has 0 bridgehead atoms. The average molecular weight is 243 g/mol. The topological polar surface area (TPSA) is 56.3 Å². The van der Waals surface area contributed by atoms with Gasteiger partial charge in [-0.2, -0.15) is 0 Å². The zero-order chi connectivity index (χ0) is 12.2. The Labute approximate surface area is 106 Å². The van der Waals surface area contributed by atoms with Crippen LogP contribution < -0.4 is 16.0 Å². The number of hydrogen-bond acceptors (Lipinski definition) is 4. The molecule has 1 rings (SSSR count). The fraction of sp³-hybridized carbons (Fsp3) is 1.00. The highest BCUT2D eigenvalue weighted by molar-refractivity contribution is 4.68. The first-order chi connectivity index (χ1) is 8.43. The van der Waals surface area contributed by atoms with Crippen molar-refractivity contribution in [2.75, 3.05) is 45.9 Å². The molecule has 1 saturated carbocycles. The molecular formula is C13H29N3O. The van der Waals surface area contributed by atoms with Gasteiger partial charge in [-0.25, -0.2) is 0 Å². The summed E-state index contributed by atoms with van der Waals surface area (Å²) in [4.78, 5) is 0. The number of nitrogens with one attached hydrogen (secondary N) is 3. The first-order valence-electron chi connectivity index (χ1n) is 7.16. The van der Waals surface area contributed by atoms with Crippen LogP contribution in [0.2, 0.25) is 0 Å². The van der Waals surface area contributed by atoms with Crippen LogP contribution in [-0.4, -0.2) is 51.0 Å². The van der Waals surface area contributed by atoms with E-state index in [0.29, 0.717) is 6.54 Å². The van der Waals surface area contributed by atoms with Crippen LogP contribution in [0, 0.1) is 5.92 Å². The van der Waals surface area contributed by atoms with Crippen molar-refractivity contribution in [3.8, 4) is 0 Å². The van der Waals surface area contributed by atoms with E-state index in [1.165, 1.54) is 38.6 Å². The molecule has 0 aromatic carbocycles. The molecule has 0 aliphatic heterocycles. The third-order valence-corrected chi connectivity index (χ3v) is 3.40. The second kappa shape index (κ2) is 11.0. The van der Waals surface area contributed by atoms with Gasteiger partial charge in [0, 0.05) is 32.7 Å². The fourth-order valence-corrected chi connectivity index (χ4v) is 2.38. The van der Waals surface area contributed by atoms with Crippen LogP contribution in [0.25, 0.3) is 0 Å². The van der Waals surface area contributed by atoms with E-state index in [-0.39, 0.29) is 6.61 Å².